The number of amides is 1. The Morgan fingerprint density at radius 3 is 2.58 bits per heavy atom. The minimum absolute atomic E-state index is 0.162. The Labute approximate surface area is 189 Å². The van der Waals surface area contributed by atoms with Crippen LogP contribution in [0.4, 0.5) is 10.1 Å². The number of sulfonamides is 1. The van der Waals surface area contributed by atoms with Crippen LogP contribution in [0.3, 0.4) is 0 Å². The number of halogens is 1. The van der Waals surface area contributed by atoms with Crippen molar-refractivity contribution in [2.45, 2.75) is 18.8 Å². The monoisotopic (exact) mass is 468 g/mol. The molecule has 3 N–H and O–H groups in total. The first-order valence-electron chi connectivity index (χ1n) is 10.3. The average Bonchev–Trinajstić information content (AvgIpc) is 3.32. The van der Waals surface area contributed by atoms with Gasteiger partial charge in [0.05, 0.1) is 17.5 Å². The second-order valence-corrected chi connectivity index (χ2v) is 10.1. The van der Waals surface area contributed by atoms with Crippen molar-refractivity contribution in [1.82, 2.24) is 9.97 Å². The van der Waals surface area contributed by atoms with Crippen LogP contribution in [0.5, 0.6) is 0 Å². The van der Waals surface area contributed by atoms with Gasteiger partial charge in [0.25, 0.3) is 0 Å². The molecular formula is C23H21FN4O4S. The van der Waals surface area contributed by atoms with Gasteiger partial charge in [-0.3, -0.25) is 9.10 Å². The minimum atomic E-state index is -3.78. The number of hydrogen-bond donors (Lipinski definition) is 2. The number of primary amides is 1. The average molecular weight is 469 g/mol. The van der Waals surface area contributed by atoms with Gasteiger partial charge in [-0.15, -0.1) is 0 Å². The number of aromatic amines is 1. The predicted molar refractivity (Wildman–Crippen MR) is 123 cm³/mol. The van der Waals surface area contributed by atoms with Gasteiger partial charge in [-0.2, -0.15) is 0 Å². The third-order valence-corrected chi connectivity index (χ3v) is 6.79. The third-order valence-electron chi connectivity index (χ3n) is 5.66. The number of rotatable bonds is 7. The van der Waals surface area contributed by atoms with Gasteiger partial charge in [0, 0.05) is 29.4 Å². The number of benzene rings is 2. The van der Waals surface area contributed by atoms with Crippen LogP contribution in [0, 0.1) is 5.82 Å². The summed E-state index contributed by atoms with van der Waals surface area (Å²) in [5.74, 6) is 0.0717. The molecule has 0 atom stereocenters. The van der Waals surface area contributed by atoms with Crippen molar-refractivity contribution in [2.75, 3.05) is 17.1 Å². The van der Waals surface area contributed by atoms with E-state index in [4.69, 9.17) is 10.2 Å². The molecule has 2 aromatic heterocycles. The van der Waals surface area contributed by atoms with E-state index < -0.39 is 22.5 Å². The molecule has 1 aliphatic rings. The quantitative estimate of drug-likeness (QED) is 0.428. The van der Waals surface area contributed by atoms with Gasteiger partial charge in [-0.1, -0.05) is 0 Å². The lowest BCUT2D eigenvalue weighted by Gasteiger charge is -2.23. The van der Waals surface area contributed by atoms with Crippen LogP contribution in [0.1, 0.15) is 24.3 Å². The second-order valence-electron chi connectivity index (χ2n) is 8.17. The lowest BCUT2D eigenvalue weighted by molar-refractivity contribution is -0.116. The lowest BCUT2D eigenvalue weighted by atomic mass is 10.0. The highest BCUT2D eigenvalue weighted by molar-refractivity contribution is 7.92. The first-order valence-corrected chi connectivity index (χ1v) is 12.2. The third kappa shape index (κ3) is 3.97. The molecule has 170 valence electrons. The summed E-state index contributed by atoms with van der Waals surface area (Å²) in [5.41, 5.74) is 8.27. The summed E-state index contributed by atoms with van der Waals surface area (Å²) in [6.45, 7) is -0.472. The van der Waals surface area contributed by atoms with E-state index in [2.05, 4.69) is 9.97 Å². The van der Waals surface area contributed by atoms with Crippen LogP contribution >= 0.6 is 0 Å². The van der Waals surface area contributed by atoms with Crippen LogP contribution in [0.2, 0.25) is 0 Å². The molecule has 1 aliphatic carbocycles. The number of H-pyrrole nitrogens is 1. The molecule has 2 heterocycles. The van der Waals surface area contributed by atoms with E-state index in [9.17, 15) is 17.6 Å². The Kier molecular flexibility index (Phi) is 4.97. The number of aromatic nitrogens is 2. The largest absolute Gasteiger partial charge is 0.455 e. The number of furan rings is 1. The van der Waals surface area contributed by atoms with Crippen molar-refractivity contribution >= 4 is 32.6 Å². The zero-order valence-electron chi connectivity index (χ0n) is 17.7. The summed E-state index contributed by atoms with van der Waals surface area (Å²) in [5, 5.41) is 0.738. The van der Waals surface area contributed by atoms with Crippen molar-refractivity contribution in [3.05, 3.63) is 60.2 Å². The maximum Gasteiger partial charge on any atom is 0.238 e. The molecular weight excluding hydrogens is 447 g/mol. The Morgan fingerprint density at radius 1 is 1.27 bits per heavy atom. The highest BCUT2D eigenvalue weighted by Gasteiger charge is 2.33. The van der Waals surface area contributed by atoms with Gasteiger partial charge in [-0.05, 0) is 54.7 Å². The van der Waals surface area contributed by atoms with E-state index in [0.717, 1.165) is 34.4 Å². The van der Waals surface area contributed by atoms with E-state index in [0.29, 0.717) is 34.0 Å². The van der Waals surface area contributed by atoms with Crippen molar-refractivity contribution < 1.29 is 22.0 Å². The number of nitrogens with zero attached hydrogens (tertiary/aromatic N) is 2. The van der Waals surface area contributed by atoms with Gasteiger partial charge in [0.2, 0.25) is 15.9 Å². The van der Waals surface area contributed by atoms with Crippen molar-refractivity contribution in [1.29, 1.82) is 0 Å². The molecule has 1 fully saturated rings. The molecule has 4 aromatic rings. The number of carbonyl (C=O) groups is 1. The number of nitrogens with one attached hydrogen (secondary N) is 1. The van der Waals surface area contributed by atoms with Crippen LogP contribution in [0.25, 0.3) is 33.7 Å². The SMILES string of the molecule is CS(=O)(=O)N(CC(N)=O)c1cc2oc(-c3ccc(F)cc3)c(-c3ncc[nH]3)c2cc1C1CC1. The lowest BCUT2D eigenvalue weighted by Crippen LogP contribution is -2.38. The zero-order chi connectivity index (χ0) is 23.3. The van der Waals surface area contributed by atoms with Crippen molar-refractivity contribution in [3.8, 4) is 22.7 Å². The van der Waals surface area contributed by atoms with Crippen molar-refractivity contribution in [3.63, 3.8) is 0 Å². The van der Waals surface area contributed by atoms with Crippen LogP contribution in [-0.2, 0) is 14.8 Å². The smallest absolute Gasteiger partial charge is 0.238 e. The van der Waals surface area contributed by atoms with E-state index in [-0.39, 0.29) is 11.7 Å². The Hall–Kier alpha value is -3.66. The fraction of sp³-hybridized carbons (Fsp3) is 0.217. The molecule has 0 unspecified atom stereocenters. The fourth-order valence-corrected chi connectivity index (χ4v) is 4.93. The molecule has 8 nitrogen and oxygen atoms in total. The first kappa shape index (κ1) is 21.2. The number of carbonyl (C=O) groups excluding carboxylic acids is 1. The van der Waals surface area contributed by atoms with Gasteiger partial charge in [0.15, 0.2) is 0 Å². The van der Waals surface area contributed by atoms with Gasteiger partial charge >= 0.3 is 0 Å². The second kappa shape index (κ2) is 7.73. The highest BCUT2D eigenvalue weighted by atomic mass is 32.2. The van der Waals surface area contributed by atoms with Crippen LogP contribution in [0.15, 0.2) is 53.2 Å². The summed E-state index contributed by atoms with van der Waals surface area (Å²) in [6, 6.07) is 9.43. The Bertz CT molecular complexity index is 1460. The zero-order valence-corrected chi connectivity index (χ0v) is 18.5. The maximum atomic E-state index is 13.5. The number of nitrogens with two attached hydrogens (primary N) is 1. The number of imidazole rings is 1. The molecule has 2 aromatic carbocycles. The van der Waals surface area contributed by atoms with Gasteiger partial charge in [0.1, 0.15) is 29.5 Å². The van der Waals surface area contributed by atoms with Crippen LogP contribution < -0.4 is 10.0 Å². The van der Waals surface area contributed by atoms with E-state index in [1.807, 2.05) is 6.07 Å². The molecule has 1 amide bonds. The van der Waals surface area contributed by atoms with E-state index in [1.54, 1.807) is 30.6 Å². The Morgan fingerprint density at radius 2 is 2.00 bits per heavy atom. The molecule has 0 saturated heterocycles. The molecule has 0 bridgehead atoms. The fourth-order valence-electron chi connectivity index (χ4n) is 4.05. The van der Waals surface area contributed by atoms with E-state index >= 15 is 0 Å². The maximum absolute atomic E-state index is 13.5. The molecule has 0 aliphatic heterocycles. The van der Waals surface area contributed by atoms with Crippen LogP contribution in [-0.4, -0.2) is 37.1 Å². The molecule has 1 saturated carbocycles. The molecule has 0 radical (unpaired) electrons. The Balaban J connectivity index is 1.80. The standard InChI is InChI=1S/C23H21FN4O4S/c1-33(30,31)28(12-20(25)29)18-11-19-17(10-16(18)13-2-3-13)21(23-26-8-9-27-23)22(32-19)14-4-6-15(24)7-5-14/h4-11,13H,2-3,12H2,1H3,(H2,25,29)(H,26,27). The number of anilines is 1. The minimum Gasteiger partial charge on any atom is -0.455 e. The summed E-state index contributed by atoms with van der Waals surface area (Å²) < 4.78 is 45.8. The number of fused-ring (bicyclic) bond motifs is 1. The van der Waals surface area contributed by atoms with Crippen molar-refractivity contribution in [2.24, 2.45) is 5.73 Å². The summed E-state index contributed by atoms with van der Waals surface area (Å²) >= 11 is 0. The topological polar surface area (TPSA) is 122 Å². The first-order chi connectivity index (χ1) is 15.7. The molecule has 33 heavy (non-hydrogen) atoms. The van der Waals surface area contributed by atoms with E-state index in [1.165, 1.54) is 12.1 Å². The normalized spacial score (nSPS) is 14.0. The number of hydrogen-bond acceptors (Lipinski definition) is 5. The molecule has 10 heteroatoms. The molecule has 0 spiro atoms. The molecule has 5 rings (SSSR count). The summed E-state index contributed by atoms with van der Waals surface area (Å²) in [4.78, 5) is 19.1. The summed E-state index contributed by atoms with van der Waals surface area (Å²) in [7, 11) is -3.78. The summed E-state index contributed by atoms with van der Waals surface area (Å²) in [6.07, 6.45) is 6.17. The van der Waals surface area contributed by atoms with Gasteiger partial charge in [-0.25, -0.2) is 17.8 Å². The van der Waals surface area contributed by atoms with Gasteiger partial charge < -0.3 is 15.1 Å². The highest BCUT2D eigenvalue weighted by Crippen LogP contribution is 2.49. The predicted octanol–water partition coefficient (Wildman–Crippen LogP) is 3.76.